The largest absolute Gasteiger partial charge is 0.481 e. The van der Waals surface area contributed by atoms with E-state index >= 15 is 4.39 Å². The van der Waals surface area contributed by atoms with Gasteiger partial charge in [0.15, 0.2) is 0 Å². The van der Waals surface area contributed by atoms with E-state index in [1.807, 2.05) is 6.92 Å². The molecule has 0 fully saturated rings. The molecule has 0 aromatic rings. The van der Waals surface area contributed by atoms with Crippen LogP contribution in [0.25, 0.3) is 0 Å². The maximum absolute atomic E-state index is 17.6. The Morgan fingerprint density at radius 2 is 0.735 bits per heavy atom. The maximum Gasteiger partial charge on any atom is 0.345 e. The number of hydrogen-bond acceptors (Lipinski definition) is 4. The fraction of sp³-hybridized carbons (Fsp3) is 0.927. The lowest BCUT2D eigenvalue weighted by molar-refractivity contribution is -0.243. The van der Waals surface area contributed by atoms with E-state index in [9.17, 15) is 29.7 Å². The van der Waals surface area contributed by atoms with Crippen LogP contribution in [0.3, 0.4) is 0 Å². The fourth-order valence-electron chi connectivity index (χ4n) is 7.54. The molecule has 290 valence electrons. The van der Waals surface area contributed by atoms with Crippen LogP contribution in [0.2, 0.25) is 0 Å². The van der Waals surface area contributed by atoms with Gasteiger partial charge in [0.2, 0.25) is 11.3 Å². The lowest BCUT2D eigenvalue weighted by Crippen LogP contribution is -2.73. The number of halogens is 1. The monoisotopic (exact) mass is 701 g/mol. The molecule has 49 heavy (non-hydrogen) atoms. The normalized spacial score (nSPS) is 14.4. The van der Waals surface area contributed by atoms with Crippen molar-refractivity contribution in [2.75, 3.05) is 6.61 Å². The molecule has 0 aromatic carbocycles. The molecule has 0 rings (SSSR count). The predicted molar refractivity (Wildman–Crippen MR) is 199 cm³/mol. The van der Waals surface area contributed by atoms with Gasteiger partial charge in [-0.3, -0.25) is 4.79 Å². The fourth-order valence-corrected chi connectivity index (χ4v) is 7.54. The molecule has 7 nitrogen and oxygen atoms in total. The zero-order valence-corrected chi connectivity index (χ0v) is 32.3. The minimum Gasteiger partial charge on any atom is -0.481 e. The highest BCUT2D eigenvalue weighted by Gasteiger charge is 2.75. The molecule has 0 aliphatic carbocycles. The van der Waals surface area contributed by atoms with Crippen molar-refractivity contribution in [2.45, 2.75) is 232 Å². The van der Waals surface area contributed by atoms with E-state index in [0.29, 0.717) is 38.5 Å². The Morgan fingerprint density at radius 3 is 1.04 bits per heavy atom. The summed E-state index contributed by atoms with van der Waals surface area (Å²) in [7, 11) is 0. The number of carboxylic acid groups (broad SMARTS) is 3. The molecule has 0 radical (unpaired) electrons. The number of carboxylic acids is 3. The van der Waals surface area contributed by atoms with Crippen molar-refractivity contribution < 1.29 is 38.8 Å². The third kappa shape index (κ3) is 16.5. The van der Waals surface area contributed by atoms with Crippen molar-refractivity contribution in [3.05, 3.63) is 0 Å². The third-order valence-electron chi connectivity index (χ3n) is 10.6. The summed E-state index contributed by atoms with van der Waals surface area (Å²) in [5, 5.41) is 32.7. The Morgan fingerprint density at radius 1 is 0.429 bits per heavy atom. The summed E-state index contributed by atoms with van der Waals surface area (Å²) in [6.07, 6.45) is 22.7. The van der Waals surface area contributed by atoms with Crippen molar-refractivity contribution in [3.63, 3.8) is 0 Å². The highest BCUT2D eigenvalue weighted by molar-refractivity contribution is 5.97. The Labute approximate surface area is 299 Å². The lowest BCUT2D eigenvalue weighted by atomic mass is 9.58. The summed E-state index contributed by atoms with van der Waals surface area (Å²) in [6, 6.07) is 0. The second-order valence-electron chi connectivity index (χ2n) is 14.7. The molecule has 0 aliphatic heterocycles. The van der Waals surface area contributed by atoms with E-state index in [1.165, 1.54) is 32.1 Å². The van der Waals surface area contributed by atoms with Crippen LogP contribution >= 0.6 is 0 Å². The SMILES string of the molecule is CCCCCCCCCCCCOC(C(=O)O)(C(F)(CCCCCCC)C(=O)O)C(CCCCCCCC)(CCCCCCCC)C(=O)O. The summed E-state index contributed by atoms with van der Waals surface area (Å²) in [5.74, 6) is -5.21. The molecule has 2 unspecified atom stereocenters. The molecule has 8 heteroatoms. The number of carbonyl (C=O) groups is 3. The molecule has 0 saturated heterocycles. The maximum atomic E-state index is 17.6. The second kappa shape index (κ2) is 28.9. The molecular weight excluding hydrogens is 623 g/mol. The van der Waals surface area contributed by atoms with Gasteiger partial charge < -0.3 is 20.1 Å². The zero-order valence-electron chi connectivity index (χ0n) is 32.3. The van der Waals surface area contributed by atoms with Crippen molar-refractivity contribution >= 4 is 17.9 Å². The molecule has 0 saturated carbocycles. The lowest BCUT2D eigenvalue weighted by Gasteiger charge is -2.50. The van der Waals surface area contributed by atoms with Gasteiger partial charge in [0.05, 0.1) is 0 Å². The van der Waals surface area contributed by atoms with E-state index in [2.05, 4.69) is 20.8 Å². The molecule has 0 bridgehead atoms. The van der Waals surface area contributed by atoms with Crippen molar-refractivity contribution in [2.24, 2.45) is 5.41 Å². The van der Waals surface area contributed by atoms with Crippen LogP contribution in [0.15, 0.2) is 0 Å². The minimum atomic E-state index is -3.41. The van der Waals surface area contributed by atoms with Gasteiger partial charge in [0, 0.05) is 6.61 Å². The van der Waals surface area contributed by atoms with E-state index in [4.69, 9.17) is 4.74 Å². The Hall–Kier alpha value is -1.70. The minimum absolute atomic E-state index is 0.136. The Kier molecular flexibility index (Phi) is 27.9. The first kappa shape index (κ1) is 47.3. The third-order valence-corrected chi connectivity index (χ3v) is 10.6. The van der Waals surface area contributed by atoms with Crippen molar-refractivity contribution in [1.29, 1.82) is 0 Å². The topological polar surface area (TPSA) is 121 Å². The van der Waals surface area contributed by atoms with Gasteiger partial charge in [0.1, 0.15) is 5.41 Å². The van der Waals surface area contributed by atoms with Crippen LogP contribution in [-0.4, -0.2) is 51.1 Å². The highest BCUT2D eigenvalue weighted by atomic mass is 19.1. The zero-order chi connectivity index (χ0) is 36.9. The smallest absolute Gasteiger partial charge is 0.345 e. The molecule has 0 heterocycles. The van der Waals surface area contributed by atoms with E-state index in [-0.39, 0.29) is 25.9 Å². The highest BCUT2D eigenvalue weighted by Crippen LogP contribution is 2.54. The molecule has 2 atom stereocenters. The van der Waals surface area contributed by atoms with Crippen LogP contribution in [0.4, 0.5) is 4.39 Å². The number of rotatable bonds is 37. The van der Waals surface area contributed by atoms with E-state index < -0.39 is 41.0 Å². The van der Waals surface area contributed by atoms with Crippen LogP contribution < -0.4 is 0 Å². The van der Waals surface area contributed by atoms with Gasteiger partial charge in [-0.15, -0.1) is 0 Å². The predicted octanol–water partition coefficient (Wildman–Crippen LogP) is 12.5. The molecular formula is C41H77FO7. The molecule has 0 aromatic heterocycles. The summed E-state index contributed by atoms with van der Waals surface area (Å²) < 4.78 is 23.8. The van der Waals surface area contributed by atoms with Crippen LogP contribution in [0, 0.1) is 5.41 Å². The summed E-state index contributed by atoms with van der Waals surface area (Å²) >= 11 is 0. The number of unbranched alkanes of at least 4 members (excludes halogenated alkanes) is 23. The summed E-state index contributed by atoms with van der Waals surface area (Å²) in [6.45, 7) is 8.26. The first-order chi connectivity index (χ1) is 23.6. The van der Waals surface area contributed by atoms with Crippen molar-refractivity contribution in [3.8, 4) is 0 Å². The van der Waals surface area contributed by atoms with Gasteiger partial charge in [-0.25, -0.2) is 14.0 Å². The average Bonchev–Trinajstić information content (AvgIpc) is 3.07. The first-order valence-corrected chi connectivity index (χ1v) is 20.6. The average molecular weight is 701 g/mol. The van der Waals surface area contributed by atoms with Gasteiger partial charge in [-0.05, 0) is 32.1 Å². The Balaban J connectivity index is 6.54. The van der Waals surface area contributed by atoms with Gasteiger partial charge >= 0.3 is 17.9 Å². The van der Waals surface area contributed by atoms with Crippen LogP contribution in [-0.2, 0) is 19.1 Å². The van der Waals surface area contributed by atoms with Crippen LogP contribution in [0.5, 0.6) is 0 Å². The molecule has 0 amide bonds. The second-order valence-corrected chi connectivity index (χ2v) is 14.7. The van der Waals surface area contributed by atoms with Crippen molar-refractivity contribution in [1.82, 2.24) is 0 Å². The molecule has 0 spiro atoms. The van der Waals surface area contributed by atoms with Gasteiger partial charge in [0.25, 0.3) is 0 Å². The summed E-state index contributed by atoms with van der Waals surface area (Å²) in [5.41, 5.74) is -8.70. The number of ether oxygens (including phenoxy) is 1. The van der Waals surface area contributed by atoms with Gasteiger partial charge in [-0.2, -0.15) is 0 Å². The Bertz CT molecular complexity index is 834. The summed E-state index contributed by atoms with van der Waals surface area (Å²) in [4.78, 5) is 40.3. The van der Waals surface area contributed by atoms with Crippen LogP contribution in [0.1, 0.15) is 220 Å². The molecule has 0 aliphatic rings. The quantitative estimate of drug-likeness (QED) is 0.0551. The van der Waals surface area contributed by atoms with Gasteiger partial charge in [-0.1, -0.05) is 188 Å². The standard InChI is InChI=1S/C41H77FO7/c1-5-9-13-17-20-21-22-23-27-31-35-49-41(38(47)48,40(42,37(45)46)34-30-24-16-12-8-4)39(36(43)44,32-28-25-18-14-10-6-2)33-29-26-19-15-11-7-3/h5-35H2,1-4H3,(H,43,44)(H,45,46)(H,47,48). The van der Waals surface area contributed by atoms with E-state index in [1.54, 1.807) is 0 Å². The van der Waals surface area contributed by atoms with E-state index in [0.717, 1.165) is 96.3 Å². The molecule has 3 N–H and O–H groups in total. The first-order valence-electron chi connectivity index (χ1n) is 20.6. The number of alkyl halides is 1. The number of hydrogen-bond donors (Lipinski definition) is 3. The number of aliphatic carboxylic acids is 3.